The summed E-state index contributed by atoms with van der Waals surface area (Å²) in [5.41, 5.74) is 0.905. The van der Waals surface area contributed by atoms with E-state index in [1.165, 1.54) is 19.0 Å². The fraction of sp³-hybridized carbons (Fsp3) is 0.588. The third kappa shape index (κ3) is 4.22. The summed E-state index contributed by atoms with van der Waals surface area (Å²) in [5.74, 6) is 0.802. The number of amides is 2. The Bertz CT molecular complexity index is 608. The van der Waals surface area contributed by atoms with Gasteiger partial charge in [0.15, 0.2) is 0 Å². The number of hydrogen-bond acceptors (Lipinski definition) is 5. The summed E-state index contributed by atoms with van der Waals surface area (Å²) < 4.78 is 0. The molecule has 7 heteroatoms. The van der Waals surface area contributed by atoms with Crippen molar-refractivity contribution in [1.29, 1.82) is 5.26 Å². The van der Waals surface area contributed by atoms with Crippen LogP contribution in [0.25, 0.3) is 0 Å². The molecular weight excluding hydrogens is 306 g/mol. The monoisotopic (exact) mass is 329 g/mol. The van der Waals surface area contributed by atoms with Crippen LogP contribution in [0.3, 0.4) is 0 Å². The predicted molar refractivity (Wildman–Crippen MR) is 89.3 cm³/mol. The molecule has 2 heterocycles. The lowest BCUT2D eigenvalue weighted by Gasteiger charge is -2.41. The second-order valence-corrected chi connectivity index (χ2v) is 6.52. The Morgan fingerprint density at radius 3 is 2.88 bits per heavy atom. The number of urea groups is 1. The highest BCUT2D eigenvalue weighted by molar-refractivity contribution is 5.89. The minimum atomic E-state index is -0.157. The van der Waals surface area contributed by atoms with Crippen LogP contribution in [-0.2, 0) is 0 Å². The van der Waals surface area contributed by atoms with Crippen molar-refractivity contribution in [2.45, 2.75) is 25.3 Å². The normalized spacial score (nSPS) is 21.3. The molecule has 1 aromatic heterocycles. The first-order valence-electron chi connectivity index (χ1n) is 8.46. The Balaban J connectivity index is 1.57. The van der Waals surface area contributed by atoms with E-state index in [1.807, 2.05) is 6.07 Å². The van der Waals surface area contributed by atoms with Crippen LogP contribution in [-0.4, -0.2) is 64.7 Å². The maximum absolute atomic E-state index is 12.5. The van der Waals surface area contributed by atoms with Crippen LogP contribution < -0.4 is 5.32 Å². The first kappa shape index (κ1) is 16.7. The average molecular weight is 329 g/mol. The number of nitrogens with one attached hydrogen (secondary N) is 1. The van der Waals surface area contributed by atoms with E-state index in [0.717, 1.165) is 19.0 Å². The Kier molecular flexibility index (Phi) is 5.28. The number of piperazine rings is 1. The molecule has 1 atom stereocenters. The van der Waals surface area contributed by atoms with Crippen molar-refractivity contribution >= 4 is 11.7 Å². The summed E-state index contributed by atoms with van der Waals surface area (Å²) in [5, 5.41) is 20.9. The number of rotatable bonds is 5. The zero-order valence-corrected chi connectivity index (χ0v) is 13.7. The molecule has 2 N–H and O–H groups in total. The second kappa shape index (κ2) is 7.60. The topological polar surface area (TPSA) is 92.5 Å². The van der Waals surface area contributed by atoms with E-state index in [9.17, 15) is 9.90 Å². The molecule has 1 aliphatic heterocycles. The maximum atomic E-state index is 12.5. The second-order valence-electron chi connectivity index (χ2n) is 6.52. The first-order valence-corrected chi connectivity index (χ1v) is 8.46. The van der Waals surface area contributed by atoms with E-state index in [1.54, 1.807) is 17.0 Å². The number of aliphatic hydroxyl groups excluding tert-OH is 1. The fourth-order valence-electron chi connectivity index (χ4n) is 3.11. The number of carbonyl (C=O) groups excluding carboxylic acids is 1. The number of anilines is 1. The van der Waals surface area contributed by atoms with E-state index >= 15 is 0 Å². The summed E-state index contributed by atoms with van der Waals surface area (Å²) in [6.07, 6.45) is 4.79. The van der Waals surface area contributed by atoms with Crippen LogP contribution >= 0.6 is 0 Å². The van der Waals surface area contributed by atoms with E-state index in [4.69, 9.17) is 5.26 Å². The van der Waals surface area contributed by atoms with E-state index < -0.39 is 0 Å². The third-order valence-corrected chi connectivity index (χ3v) is 4.67. The summed E-state index contributed by atoms with van der Waals surface area (Å²) in [6, 6.07) is 5.27. The van der Waals surface area contributed by atoms with Crippen molar-refractivity contribution in [3.63, 3.8) is 0 Å². The lowest BCUT2D eigenvalue weighted by atomic mass is 10.1. The largest absolute Gasteiger partial charge is 0.396 e. The van der Waals surface area contributed by atoms with Crippen molar-refractivity contribution in [2.24, 2.45) is 5.92 Å². The zero-order chi connectivity index (χ0) is 16.9. The molecular formula is C17H23N5O2. The predicted octanol–water partition coefficient (Wildman–Crippen LogP) is 1.26. The van der Waals surface area contributed by atoms with Gasteiger partial charge in [-0.1, -0.05) is 0 Å². The fourth-order valence-corrected chi connectivity index (χ4v) is 3.11. The molecule has 7 nitrogen and oxygen atoms in total. The Morgan fingerprint density at radius 2 is 2.25 bits per heavy atom. The first-order chi connectivity index (χ1) is 11.7. The van der Waals surface area contributed by atoms with Gasteiger partial charge < -0.3 is 15.3 Å². The van der Waals surface area contributed by atoms with Crippen LogP contribution in [0.1, 0.15) is 25.0 Å². The van der Waals surface area contributed by atoms with Crippen LogP contribution in [0.2, 0.25) is 0 Å². The molecule has 0 spiro atoms. The van der Waals surface area contributed by atoms with Crippen LogP contribution in [0, 0.1) is 17.2 Å². The van der Waals surface area contributed by atoms with Crippen molar-refractivity contribution in [3.05, 3.63) is 24.0 Å². The molecule has 3 rings (SSSR count). The molecule has 1 aromatic rings. The Labute approximate surface area is 141 Å². The molecule has 128 valence electrons. The van der Waals surface area contributed by atoms with Gasteiger partial charge in [0, 0.05) is 38.8 Å². The van der Waals surface area contributed by atoms with Crippen molar-refractivity contribution in [2.75, 3.05) is 38.1 Å². The number of aliphatic hydroxyl groups is 1. The number of nitriles is 1. The average Bonchev–Trinajstić information content (AvgIpc) is 3.41. The number of aromatic nitrogens is 1. The summed E-state index contributed by atoms with van der Waals surface area (Å²) in [7, 11) is 0. The molecule has 1 aliphatic carbocycles. The smallest absolute Gasteiger partial charge is 0.321 e. The molecule has 2 aliphatic rings. The Morgan fingerprint density at radius 1 is 1.42 bits per heavy atom. The molecule has 1 saturated heterocycles. The van der Waals surface area contributed by atoms with E-state index in [-0.39, 0.29) is 18.7 Å². The maximum Gasteiger partial charge on any atom is 0.321 e. The minimum Gasteiger partial charge on any atom is -0.396 e. The molecule has 2 fully saturated rings. The van der Waals surface area contributed by atoms with Gasteiger partial charge in [0.2, 0.25) is 0 Å². The van der Waals surface area contributed by atoms with Crippen molar-refractivity contribution in [3.8, 4) is 6.07 Å². The van der Waals surface area contributed by atoms with Crippen LogP contribution in [0.15, 0.2) is 18.3 Å². The molecule has 0 aromatic carbocycles. The van der Waals surface area contributed by atoms with Gasteiger partial charge >= 0.3 is 6.03 Å². The van der Waals surface area contributed by atoms with Gasteiger partial charge in [-0.15, -0.1) is 0 Å². The van der Waals surface area contributed by atoms with Crippen LogP contribution in [0.4, 0.5) is 10.5 Å². The highest BCUT2D eigenvalue weighted by Gasteiger charge is 2.33. The van der Waals surface area contributed by atoms with Gasteiger partial charge in [0.1, 0.15) is 11.8 Å². The third-order valence-electron chi connectivity index (χ3n) is 4.67. The van der Waals surface area contributed by atoms with E-state index in [2.05, 4.69) is 15.2 Å². The van der Waals surface area contributed by atoms with Gasteiger partial charge in [0.25, 0.3) is 0 Å². The van der Waals surface area contributed by atoms with Gasteiger partial charge in [-0.05, 0) is 37.3 Å². The number of nitrogens with zero attached hydrogens (tertiary/aromatic N) is 4. The minimum absolute atomic E-state index is 0.140. The van der Waals surface area contributed by atoms with Gasteiger partial charge in [-0.2, -0.15) is 5.26 Å². The SMILES string of the molecule is N#Cc1ccc(NC(=O)N2CCN(CC3CC3)C(CCO)C2)cn1. The zero-order valence-electron chi connectivity index (χ0n) is 13.7. The molecule has 24 heavy (non-hydrogen) atoms. The number of carbonyl (C=O) groups is 1. The number of pyridine rings is 1. The standard InChI is InChI=1S/C17H23N5O2/c18-9-14-3-4-15(10-19-14)20-17(24)22-7-6-21(11-13-1-2-13)16(12-22)5-8-23/h3-4,10,13,16,23H,1-2,5-8,11-12H2,(H,20,24). The van der Waals surface area contributed by atoms with Gasteiger partial charge in [0.05, 0.1) is 11.9 Å². The van der Waals surface area contributed by atoms with E-state index in [0.29, 0.717) is 30.9 Å². The van der Waals surface area contributed by atoms with Crippen molar-refractivity contribution < 1.29 is 9.90 Å². The van der Waals surface area contributed by atoms with Gasteiger partial charge in [-0.3, -0.25) is 4.90 Å². The molecule has 0 radical (unpaired) electrons. The van der Waals surface area contributed by atoms with Crippen molar-refractivity contribution in [1.82, 2.24) is 14.8 Å². The Hall–Kier alpha value is -2.17. The summed E-state index contributed by atoms with van der Waals surface area (Å²) in [4.78, 5) is 20.6. The highest BCUT2D eigenvalue weighted by Crippen LogP contribution is 2.31. The van der Waals surface area contributed by atoms with Gasteiger partial charge in [-0.25, -0.2) is 9.78 Å². The molecule has 1 unspecified atom stereocenters. The quantitative estimate of drug-likeness (QED) is 0.848. The summed E-state index contributed by atoms with van der Waals surface area (Å²) >= 11 is 0. The molecule has 2 amide bonds. The lowest BCUT2D eigenvalue weighted by Crippen LogP contribution is -2.56. The summed E-state index contributed by atoms with van der Waals surface area (Å²) in [6.45, 7) is 3.38. The molecule has 0 bridgehead atoms. The molecule has 1 saturated carbocycles. The highest BCUT2D eigenvalue weighted by atomic mass is 16.3. The van der Waals surface area contributed by atoms with Crippen LogP contribution in [0.5, 0.6) is 0 Å². The lowest BCUT2D eigenvalue weighted by molar-refractivity contribution is 0.0739. The number of hydrogen-bond donors (Lipinski definition) is 2.